The summed E-state index contributed by atoms with van der Waals surface area (Å²) in [6, 6.07) is 36.6. The number of rotatable bonds is 3. The van der Waals surface area contributed by atoms with Gasteiger partial charge in [-0.25, -0.2) is 0 Å². The summed E-state index contributed by atoms with van der Waals surface area (Å²) in [5.41, 5.74) is 32.1. The van der Waals surface area contributed by atoms with Crippen molar-refractivity contribution in [2.75, 3.05) is 4.90 Å². The molecule has 0 atom stereocenters. The first kappa shape index (κ1) is 55.1. The van der Waals surface area contributed by atoms with Crippen molar-refractivity contribution in [3.05, 3.63) is 162 Å². The Morgan fingerprint density at radius 3 is 1.49 bits per heavy atom. The summed E-state index contributed by atoms with van der Waals surface area (Å²) in [7, 11) is 0. The van der Waals surface area contributed by atoms with Crippen LogP contribution in [0, 0.1) is 13.8 Å². The van der Waals surface area contributed by atoms with E-state index < -0.39 is 0 Å². The Hall–Kier alpha value is -5.12. The number of anilines is 3. The van der Waals surface area contributed by atoms with Crippen molar-refractivity contribution in [2.24, 2.45) is 0 Å². The van der Waals surface area contributed by atoms with Gasteiger partial charge in [0, 0.05) is 26.6 Å². The van der Waals surface area contributed by atoms with Crippen LogP contribution in [0.15, 0.2) is 84.9 Å². The van der Waals surface area contributed by atoms with Gasteiger partial charge in [0.1, 0.15) is 0 Å². The van der Waals surface area contributed by atoms with E-state index in [9.17, 15) is 0 Å². The van der Waals surface area contributed by atoms with Crippen molar-refractivity contribution in [3.8, 4) is 11.1 Å². The number of thiophene rings is 1. The molecule has 6 aromatic carbocycles. The smallest absolute Gasteiger partial charge is 0.250 e. The maximum Gasteiger partial charge on any atom is 0.250 e. The SMILES string of the molecule is Cc1cc2c3c(c1)N(c1ccc4c(c1)C(C)(C)CCC4(C)C)c1cc4c(cc1B3c1c(sc3cc5c(cc13)C(C)(C)CCC5(C)C)C(c1ccc(C(C)(C)C)cc1-c1cc3c(cc1C)C(C)(C)CCC3(C)C)=C2)C(C)(C)CCC4(C)C. The summed E-state index contributed by atoms with van der Waals surface area (Å²) in [6.07, 6.45) is 12.2. The molecule has 0 N–H and O–H groups in total. The Bertz CT molecular complexity index is 3900. The van der Waals surface area contributed by atoms with Crippen LogP contribution >= 0.6 is 11.3 Å². The topological polar surface area (TPSA) is 3.24 Å². The lowest BCUT2D eigenvalue weighted by Crippen LogP contribution is -2.59. The second-order valence-electron chi connectivity index (χ2n) is 33.3. The molecule has 7 aromatic rings. The third kappa shape index (κ3) is 8.30. The van der Waals surface area contributed by atoms with Crippen molar-refractivity contribution in [3.63, 3.8) is 0 Å². The lowest BCUT2D eigenvalue weighted by Gasteiger charge is -2.46. The molecule has 0 saturated heterocycles. The fraction of sp³-hybridized carbons (Fsp3) is 0.487. The van der Waals surface area contributed by atoms with E-state index in [1.54, 1.807) is 11.1 Å². The Labute approximate surface area is 493 Å². The van der Waals surface area contributed by atoms with Crippen LogP contribution in [-0.4, -0.2) is 6.71 Å². The van der Waals surface area contributed by atoms with Gasteiger partial charge in [0.25, 0.3) is 0 Å². The van der Waals surface area contributed by atoms with E-state index in [4.69, 9.17) is 0 Å². The van der Waals surface area contributed by atoms with Gasteiger partial charge in [0.15, 0.2) is 0 Å². The van der Waals surface area contributed by atoms with Gasteiger partial charge in [-0.15, -0.1) is 11.3 Å². The van der Waals surface area contributed by atoms with Crippen LogP contribution in [0.3, 0.4) is 0 Å². The van der Waals surface area contributed by atoms with Gasteiger partial charge in [-0.05, 0) is 273 Å². The molecule has 0 unspecified atom stereocenters. The van der Waals surface area contributed by atoms with Crippen LogP contribution < -0.4 is 21.3 Å². The molecule has 0 spiro atoms. The molecular weight excluding hydrogens is 994 g/mol. The third-order valence-corrected chi connectivity index (χ3v) is 23.9. The number of aryl methyl sites for hydroxylation is 2. The highest BCUT2D eigenvalue weighted by atomic mass is 32.1. The monoisotopic (exact) mass is 1090 g/mol. The summed E-state index contributed by atoms with van der Waals surface area (Å²) in [6.45, 7) is 52.0. The van der Waals surface area contributed by atoms with E-state index in [2.05, 4.69) is 253 Å². The minimum atomic E-state index is -0.0330. The van der Waals surface area contributed by atoms with Crippen LogP contribution in [-0.2, 0) is 48.7 Å². The van der Waals surface area contributed by atoms with Crippen molar-refractivity contribution >= 4 is 73.2 Å². The summed E-state index contributed by atoms with van der Waals surface area (Å²) in [5.74, 6) is 0. The van der Waals surface area contributed by atoms with Crippen molar-refractivity contribution in [1.29, 1.82) is 0 Å². The lowest BCUT2D eigenvalue weighted by molar-refractivity contribution is 0.332. The highest BCUT2D eigenvalue weighted by Crippen LogP contribution is 2.55. The van der Waals surface area contributed by atoms with Gasteiger partial charge in [0.05, 0.1) is 0 Å². The van der Waals surface area contributed by atoms with E-state index in [0.717, 1.165) is 0 Å². The van der Waals surface area contributed by atoms with Crippen LogP contribution in [0.5, 0.6) is 0 Å². The van der Waals surface area contributed by atoms with Crippen LogP contribution in [0.25, 0.3) is 32.9 Å². The summed E-state index contributed by atoms with van der Waals surface area (Å²) in [4.78, 5) is 4.20. The zero-order valence-electron chi connectivity index (χ0n) is 53.7. The third-order valence-electron chi connectivity index (χ3n) is 22.7. The van der Waals surface area contributed by atoms with Gasteiger partial charge in [-0.1, -0.05) is 174 Å². The molecule has 13 rings (SSSR count). The number of benzene rings is 6. The molecule has 1 aromatic heterocycles. The largest absolute Gasteiger partial charge is 0.311 e. The van der Waals surface area contributed by atoms with E-state index in [1.165, 1.54) is 178 Å². The molecule has 3 heteroatoms. The summed E-state index contributed by atoms with van der Waals surface area (Å²) >= 11 is 2.09. The Morgan fingerprint density at radius 2 is 0.926 bits per heavy atom. The maximum atomic E-state index is 2.77. The summed E-state index contributed by atoms with van der Waals surface area (Å²) < 4.78 is 1.43. The molecule has 1 nitrogen and oxygen atoms in total. The number of hydrogen-bond donors (Lipinski definition) is 0. The first-order valence-electron chi connectivity index (χ1n) is 31.4. The van der Waals surface area contributed by atoms with Crippen LogP contribution in [0.2, 0.25) is 0 Å². The first-order chi connectivity index (χ1) is 37.5. The van der Waals surface area contributed by atoms with Crippen LogP contribution in [0.4, 0.5) is 17.1 Å². The van der Waals surface area contributed by atoms with Crippen molar-refractivity contribution in [2.45, 2.75) is 245 Å². The molecule has 6 aliphatic rings. The van der Waals surface area contributed by atoms with Gasteiger partial charge in [-0.3, -0.25) is 0 Å². The predicted molar refractivity (Wildman–Crippen MR) is 356 cm³/mol. The Morgan fingerprint density at radius 1 is 0.432 bits per heavy atom. The Balaban J connectivity index is 1.18. The zero-order valence-corrected chi connectivity index (χ0v) is 54.6. The number of fused-ring (bicyclic) bond motifs is 10. The van der Waals surface area contributed by atoms with E-state index in [0.29, 0.717) is 0 Å². The normalized spacial score (nSPS) is 21.6. The molecular formula is C78H94BNS. The van der Waals surface area contributed by atoms with E-state index >= 15 is 0 Å². The van der Waals surface area contributed by atoms with Crippen molar-refractivity contribution < 1.29 is 0 Å². The minimum absolute atomic E-state index is 0.00191. The Kier molecular flexibility index (Phi) is 11.7. The van der Waals surface area contributed by atoms with Gasteiger partial charge >= 0.3 is 0 Å². The quantitative estimate of drug-likeness (QED) is 0.159. The minimum Gasteiger partial charge on any atom is -0.311 e. The average Bonchev–Trinajstić information content (AvgIpc) is 2.15. The van der Waals surface area contributed by atoms with Gasteiger partial charge in [-0.2, -0.15) is 0 Å². The molecule has 2 aliphatic heterocycles. The number of nitrogens with zero attached hydrogens (tertiary/aromatic N) is 1. The summed E-state index contributed by atoms with van der Waals surface area (Å²) in [5, 5.41) is 1.45. The second kappa shape index (κ2) is 17.3. The average molecular weight is 1090 g/mol. The van der Waals surface area contributed by atoms with Gasteiger partial charge in [0.2, 0.25) is 6.71 Å². The van der Waals surface area contributed by atoms with E-state index in [-0.39, 0.29) is 55.4 Å². The second-order valence-corrected chi connectivity index (χ2v) is 34.4. The standard InChI is InChI=1S/C78H94BNS/c1-45-34-47-37-53(50-24-22-48(70(3,4)5)38-52(50)51-40-58-56(36-46(51)2)72(8,9)28-29-74(58,12)13)69-68(54-41-59-62(44-66(54)81-69)78(20,21)33-30-75(59,14)15)79-63-42-60-61(77(18,19)32-31-76(60,16)17)43-64(63)80(65(35-45)67(47)79)49-23-25-55-57(39-49)73(10,11)27-26-71(55,6)7/h22-25,34-44H,26-33H2,1-21H3. The molecule has 0 amide bonds. The molecule has 81 heavy (non-hydrogen) atoms. The highest BCUT2D eigenvalue weighted by molar-refractivity contribution is 7.23. The first-order valence-corrected chi connectivity index (χ1v) is 32.3. The van der Waals surface area contributed by atoms with Crippen molar-refractivity contribution in [1.82, 2.24) is 0 Å². The molecule has 0 fully saturated rings. The number of hydrogen-bond acceptors (Lipinski definition) is 2. The van der Waals surface area contributed by atoms with Crippen LogP contribution in [0.1, 0.15) is 260 Å². The molecule has 420 valence electrons. The van der Waals surface area contributed by atoms with E-state index in [1.807, 2.05) is 0 Å². The highest BCUT2D eigenvalue weighted by Gasteiger charge is 2.48. The lowest BCUT2D eigenvalue weighted by atomic mass is 9.33. The maximum absolute atomic E-state index is 2.77. The zero-order chi connectivity index (χ0) is 58.1. The molecule has 0 saturated carbocycles. The van der Waals surface area contributed by atoms with Gasteiger partial charge < -0.3 is 4.90 Å². The molecule has 0 bridgehead atoms. The molecule has 0 radical (unpaired) electrons. The molecule has 4 aliphatic carbocycles. The predicted octanol–water partition coefficient (Wildman–Crippen LogP) is 20.1. The fourth-order valence-electron chi connectivity index (χ4n) is 16.6. The molecule has 3 heterocycles. The fourth-order valence-corrected chi connectivity index (χ4v) is 17.9.